The van der Waals surface area contributed by atoms with Gasteiger partial charge in [-0.15, -0.1) is 0 Å². The number of rotatable bonds is 7. The number of pyridine rings is 1. The van der Waals surface area contributed by atoms with E-state index >= 15 is 0 Å². The summed E-state index contributed by atoms with van der Waals surface area (Å²) in [6.45, 7) is 9.56. The second kappa shape index (κ2) is 10.9. The predicted molar refractivity (Wildman–Crippen MR) is 181 cm³/mol. The van der Waals surface area contributed by atoms with Crippen molar-refractivity contribution >= 4 is 11.0 Å². The van der Waals surface area contributed by atoms with Crippen LogP contribution in [0.2, 0.25) is 0 Å². The maximum atomic E-state index is 2.62. The van der Waals surface area contributed by atoms with Crippen molar-refractivity contribution in [3.05, 3.63) is 138 Å². The molecule has 2 unspecified atom stereocenters. The number of hydrogen-bond acceptors (Lipinski definition) is 0. The molecule has 3 nitrogen and oxygen atoms in total. The van der Waals surface area contributed by atoms with Gasteiger partial charge in [0.05, 0.1) is 23.6 Å². The molecule has 2 aromatic heterocycles. The molecule has 4 aromatic carbocycles. The molecule has 1 aliphatic heterocycles. The van der Waals surface area contributed by atoms with E-state index in [1.807, 2.05) is 0 Å². The van der Waals surface area contributed by atoms with Crippen LogP contribution in [0, 0.1) is 6.92 Å². The zero-order valence-corrected chi connectivity index (χ0v) is 26.7. The maximum Gasteiger partial charge on any atom is 0.295 e. The summed E-state index contributed by atoms with van der Waals surface area (Å²) in [6.07, 6.45) is 6.53. The Kier molecular flexibility index (Phi) is 7.00. The molecule has 3 heteroatoms. The fraction of sp³-hybridized carbons (Fsp3) is 0.268. The number of imidazole rings is 1. The molecule has 0 aliphatic carbocycles. The number of aromatic nitrogens is 3. The van der Waals surface area contributed by atoms with E-state index in [0.717, 1.165) is 25.7 Å². The summed E-state index contributed by atoms with van der Waals surface area (Å²) in [6, 6.07) is 42.4. The van der Waals surface area contributed by atoms with Crippen LogP contribution in [0.25, 0.3) is 39.4 Å². The Hall–Kier alpha value is -4.50. The monoisotopic (exact) mass is 577 g/mol. The zero-order valence-electron chi connectivity index (χ0n) is 26.7. The molecule has 0 saturated heterocycles. The Morgan fingerprint density at radius 2 is 1.39 bits per heavy atom. The van der Waals surface area contributed by atoms with Crippen molar-refractivity contribution in [2.75, 3.05) is 0 Å². The molecule has 0 fully saturated rings. The topological polar surface area (TPSA) is 12.7 Å². The highest BCUT2D eigenvalue weighted by atomic mass is 15.2. The molecule has 0 amide bonds. The standard InChI is InChI=1S/C41H43N3/c1-6-40(4)41(7-2,35-24-14-13-23-34(35)38-30(3)18-17-29-43(38)40)28-27-31-19-11-12-22-33(31)39-42(5)36-25-15-16-26-37(36)44(39)32-20-9-8-10-21-32/h8-26,29H,6-7,27-28H2,1-5H3/q+2. The highest BCUT2D eigenvalue weighted by molar-refractivity contribution is 5.79. The Morgan fingerprint density at radius 1 is 0.705 bits per heavy atom. The van der Waals surface area contributed by atoms with Gasteiger partial charge in [0, 0.05) is 25.0 Å². The molecule has 0 saturated carbocycles. The number of aryl methyl sites for hydroxylation is 3. The van der Waals surface area contributed by atoms with Gasteiger partial charge < -0.3 is 0 Å². The van der Waals surface area contributed by atoms with Crippen LogP contribution in [0.5, 0.6) is 0 Å². The summed E-state index contributed by atoms with van der Waals surface area (Å²) < 4.78 is 7.43. The van der Waals surface area contributed by atoms with Crippen LogP contribution in [0.3, 0.4) is 0 Å². The molecule has 0 bridgehead atoms. The van der Waals surface area contributed by atoms with E-state index < -0.39 is 0 Å². The lowest BCUT2D eigenvalue weighted by Crippen LogP contribution is -2.68. The maximum absolute atomic E-state index is 2.62. The highest BCUT2D eigenvalue weighted by Crippen LogP contribution is 2.52. The average Bonchev–Trinajstić information content (AvgIpc) is 3.37. The third-order valence-electron chi connectivity index (χ3n) is 10.9. The Bertz CT molecular complexity index is 1990. The van der Waals surface area contributed by atoms with Gasteiger partial charge in [0.2, 0.25) is 5.69 Å². The van der Waals surface area contributed by atoms with Crippen molar-refractivity contribution in [3.8, 4) is 28.3 Å². The van der Waals surface area contributed by atoms with Crippen molar-refractivity contribution in [2.24, 2.45) is 7.05 Å². The lowest BCUT2D eigenvalue weighted by atomic mass is 9.57. The number of hydrogen-bond donors (Lipinski definition) is 0. The first-order valence-corrected chi connectivity index (χ1v) is 16.2. The summed E-state index contributed by atoms with van der Waals surface area (Å²) in [5.74, 6) is 1.22. The Labute approximate surface area is 262 Å². The van der Waals surface area contributed by atoms with Gasteiger partial charge in [-0.05, 0) is 79.8 Å². The van der Waals surface area contributed by atoms with Crippen molar-refractivity contribution in [1.82, 2.24) is 4.57 Å². The largest absolute Gasteiger partial charge is 0.295 e. The number of para-hydroxylation sites is 3. The van der Waals surface area contributed by atoms with Gasteiger partial charge in [-0.25, -0.2) is 4.57 Å². The highest BCUT2D eigenvalue weighted by Gasteiger charge is 2.58. The second-order valence-electron chi connectivity index (χ2n) is 12.7. The first-order chi connectivity index (χ1) is 21.4. The molecular formula is C41H43N3+2. The lowest BCUT2D eigenvalue weighted by molar-refractivity contribution is -0.766. The summed E-state index contributed by atoms with van der Waals surface area (Å²) in [4.78, 5) is 0. The van der Waals surface area contributed by atoms with Crippen LogP contribution in [0.1, 0.15) is 56.7 Å². The molecule has 220 valence electrons. The van der Waals surface area contributed by atoms with Crippen LogP contribution in [-0.4, -0.2) is 4.57 Å². The molecule has 3 heterocycles. The third-order valence-corrected chi connectivity index (χ3v) is 10.9. The van der Waals surface area contributed by atoms with Gasteiger partial charge in [0.15, 0.2) is 22.8 Å². The minimum Gasteiger partial charge on any atom is -0.225 e. The van der Waals surface area contributed by atoms with Gasteiger partial charge in [0.25, 0.3) is 5.82 Å². The minimum absolute atomic E-state index is 0.0226. The summed E-state index contributed by atoms with van der Waals surface area (Å²) in [7, 11) is 2.21. The Morgan fingerprint density at radius 3 is 2.16 bits per heavy atom. The summed E-state index contributed by atoms with van der Waals surface area (Å²) in [5.41, 5.74) is 11.9. The van der Waals surface area contributed by atoms with E-state index in [4.69, 9.17) is 0 Å². The van der Waals surface area contributed by atoms with E-state index in [2.05, 4.69) is 170 Å². The van der Waals surface area contributed by atoms with Gasteiger partial charge >= 0.3 is 0 Å². The van der Waals surface area contributed by atoms with Crippen molar-refractivity contribution < 1.29 is 9.13 Å². The van der Waals surface area contributed by atoms with Crippen molar-refractivity contribution in [2.45, 2.75) is 64.3 Å². The third kappa shape index (κ3) is 4.02. The lowest BCUT2D eigenvalue weighted by Gasteiger charge is -2.48. The van der Waals surface area contributed by atoms with Crippen LogP contribution >= 0.6 is 0 Å². The van der Waals surface area contributed by atoms with E-state index in [1.54, 1.807) is 0 Å². The number of fused-ring (bicyclic) bond motifs is 4. The summed E-state index contributed by atoms with van der Waals surface area (Å²) in [5, 5.41) is 0. The van der Waals surface area contributed by atoms with E-state index in [-0.39, 0.29) is 11.0 Å². The minimum atomic E-state index is -0.0595. The molecular weight excluding hydrogens is 534 g/mol. The van der Waals surface area contributed by atoms with Gasteiger partial charge in [0.1, 0.15) is 5.69 Å². The first kappa shape index (κ1) is 28.3. The fourth-order valence-corrected chi connectivity index (χ4v) is 8.42. The molecule has 6 aromatic rings. The normalized spacial score (nSPS) is 19.1. The SMILES string of the molecule is CCC1(CCc2ccccc2-c2n(-c3ccccc3)c3ccccc3[n+]2C)c2ccccc2-c2c(C)ccc[n+]2C1(C)CC. The van der Waals surface area contributed by atoms with E-state index in [1.165, 1.54) is 56.1 Å². The quantitative estimate of drug-likeness (QED) is 0.168. The zero-order chi connectivity index (χ0) is 30.5. The van der Waals surface area contributed by atoms with Crippen LogP contribution in [-0.2, 0) is 24.4 Å². The molecule has 1 aliphatic rings. The van der Waals surface area contributed by atoms with Crippen LogP contribution in [0.4, 0.5) is 0 Å². The number of benzene rings is 4. The molecule has 7 rings (SSSR count). The van der Waals surface area contributed by atoms with E-state index in [9.17, 15) is 0 Å². The number of nitrogens with zero attached hydrogens (tertiary/aromatic N) is 3. The van der Waals surface area contributed by atoms with Crippen LogP contribution < -0.4 is 9.13 Å². The Balaban J connectivity index is 1.40. The fourth-order valence-electron chi connectivity index (χ4n) is 8.42. The van der Waals surface area contributed by atoms with Crippen molar-refractivity contribution in [1.29, 1.82) is 0 Å². The van der Waals surface area contributed by atoms with Crippen LogP contribution in [0.15, 0.2) is 121 Å². The smallest absolute Gasteiger partial charge is 0.225 e. The van der Waals surface area contributed by atoms with E-state index in [0.29, 0.717) is 0 Å². The summed E-state index contributed by atoms with van der Waals surface area (Å²) >= 11 is 0. The predicted octanol–water partition coefficient (Wildman–Crippen LogP) is 8.80. The average molecular weight is 578 g/mol. The second-order valence-corrected chi connectivity index (χ2v) is 12.7. The van der Waals surface area contributed by atoms with Gasteiger partial charge in [-0.2, -0.15) is 9.13 Å². The molecule has 2 atom stereocenters. The first-order valence-electron chi connectivity index (χ1n) is 16.2. The van der Waals surface area contributed by atoms with Crippen molar-refractivity contribution in [3.63, 3.8) is 0 Å². The molecule has 0 spiro atoms. The molecule has 0 radical (unpaired) electrons. The molecule has 0 N–H and O–H groups in total. The van der Waals surface area contributed by atoms with Gasteiger partial charge in [-0.1, -0.05) is 80.6 Å². The van der Waals surface area contributed by atoms with Gasteiger partial charge in [-0.3, -0.25) is 0 Å². The molecule has 44 heavy (non-hydrogen) atoms.